The van der Waals surface area contributed by atoms with Gasteiger partial charge in [0.15, 0.2) is 0 Å². The summed E-state index contributed by atoms with van der Waals surface area (Å²) in [6.45, 7) is 1.04. The average Bonchev–Trinajstić information content (AvgIpc) is 3.22. The van der Waals surface area contributed by atoms with Gasteiger partial charge in [-0.3, -0.25) is 4.79 Å². The molecular formula is C15H14FN5O3S. The largest absolute Gasteiger partial charge is 0.465 e. The molecular weight excluding hydrogens is 349 g/mol. The fourth-order valence-corrected chi connectivity index (χ4v) is 3.97. The van der Waals surface area contributed by atoms with Gasteiger partial charge in [0, 0.05) is 19.5 Å². The Kier molecular flexibility index (Phi) is 3.83. The number of halogens is 1. The third kappa shape index (κ3) is 2.82. The first-order valence-corrected chi connectivity index (χ1v) is 8.60. The summed E-state index contributed by atoms with van der Waals surface area (Å²) in [6, 6.07) is 0. The van der Waals surface area contributed by atoms with Crippen LogP contribution in [0.3, 0.4) is 0 Å². The molecule has 1 atom stereocenters. The molecule has 0 aliphatic carbocycles. The van der Waals surface area contributed by atoms with Crippen molar-refractivity contribution in [2.24, 2.45) is 0 Å². The van der Waals surface area contributed by atoms with Gasteiger partial charge in [-0.15, -0.1) is 11.3 Å². The summed E-state index contributed by atoms with van der Waals surface area (Å²) < 4.78 is 13.3. The maximum Gasteiger partial charge on any atom is 0.414 e. The second-order valence-corrected chi connectivity index (χ2v) is 6.88. The van der Waals surface area contributed by atoms with Crippen molar-refractivity contribution in [3.05, 3.63) is 23.0 Å². The van der Waals surface area contributed by atoms with Gasteiger partial charge in [0.1, 0.15) is 27.6 Å². The third-order valence-electron chi connectivity index (χ3n) is 4.25. The molecule has 0 radical (unpaired) electrons. The fourth-order valence-electron chi connectivity index (χ4n) is 2.94. The van der Waals surface area contributed by atoms with Crippen molar-refractivity contribution in [3.8, 4) is 10.7 Å². The molecule has 1 saturated heterocycles. The maximum atomic E-state index is 13.3. The fraction of sp³-hybridized carbons (Fsp3) is 0.400. The number of aromatic nitrogens is 3. The first-order valence-electron chi connectivity index (χ1n) is 7.79. The van der Waals surface area contributed by atoms with Crippen LogP contribution in [0.4, 0.5) is 15.0 Å². The molecule has 4 rings (SSSR count). The lowest BCUT2D eigenvalue weighted by Crippen LogP contribution is -2.40. The maximum absolute atomic E-state index is 13.3. The van der Waals surface area contributed by atoms with E-state index in [2.05, 4.69) is 15.0 Å². The van der Waals surface area contributed by atoms with Crippen molar-refractivity contribution < 1.29 is 19.1 Å². The molecule has 0 aromatic carbocycles. The minimum absolute atomic E-state index is 0.105. The first-order chi connectivity index (χ1) is 12.0. The van der Waals surface area contributed by atoms with Crippen LogP contribution >= 0.6 is 11.3 Å². The number of fused-ring (bicyclic) bond motifs is 1. The molecule has 0 bridgehead atoms. The lowest BCUT2D eigenvalue weighted by Gasteiger charge is -2.20. The SMILES string of the molecule is O=C(O)N1CCc2nc(-c3cnc(N4CC[C@H](F)C4)cn3)sc2C1=O. The van der Waals surface area contributed by atoms with Gasteiger partial charge in [-0.1, -0.05) is 0 Å². The molecule has 2 aliphatic heterocycles. The van der Waals surface area contributed by atoms with E-state index in [4.69, 9.17) is 5.11 Å². The summed E-state index contributed by atoms with van der Waals surface area (Å²) in [4.78, 5) is 39.3. The highest BCUT2D eigenvalue weighted by Crippen LogP contribution is 2.31. The van der Waals surface area contributed by atoms with Crippen molar-refractivity contribution in [3.63, 3.8) is 0 Å². The van der Waals surface area contributed by atoms with Crippen LogP contribution in [0.1, 0.15) is 21.8 Å². The molecule has 1 fully saturated rings. The monoisotopic (exact) mass is 363 g/mol. The molecule has 1 N–H and O–H groups in total. The van der Waals surface area contributed by atoms with Gasteiger partial charge in [0.2, 0.25) is 0 Å². The number of imide groups is 1. The number of carbonyl (C=O) groups is 2. The molecule has 0 spiro atoms. The minimum Gasteiger partial charge on any atom is -0.465 e. The number of hydrogen-bond acceptors (Lipinski definition) is 7. The lowest BCUT2D eigenvalue weighted by atomic mass is 10.2. The number of thiazole rings is 1. The van der Waals surface area contributed by atoms with E-state index in [-0.39, 0.29) is 6.54 Å². The minimum atomic E-state index is -1.26. The normalized spacial score (nSPS) is 20.0. The number of amides is 2. The second-order valence-electron chi connectivity index (χ2n) is 5.88. The Labute approximate surface area is 145 Å². The van der Waals surface area contributed by atoms with Gasteiger partial charge in [-0.25, -0.2) is 29.0 Å². The lowest BCUT2D eigenvalue weighted by molar-refractivity contribution is 0.0731. The van der Waals surface area contributed by atoms with Crippen LogP contribution in [0, 0.1) is 0 Å². The van der Waals surface area contributed by atoms with Crippen molar-refractivity contribution >= 4 is 29.2 Å². The summed E-state index contributed by atoms with van der Waals surface area (Å²) >= 11 is 1.11. The predicted molar refractivity (Wildman–Crippen MR) is 87.6 cm³/mol. The topological polar surface area (TPSA) is 99.5 Å². The van der Waals surface area contributed by atoms with Crippen molar-refractivity contribution in [1.29, 1.82) is 0 Å². The van der Waals surface area contributed by atoms with E-state index in [1.165, 1.54) is 0 Å². The number of carbonyl (C=O) groups excluding carboxylic acids is 1. The zero-order chi connectivity index (χ0) is 17.6. The zero-order valence-corrected chi connectivity index (χ0v) is 13.9. The van der Waals surface area contributed by atoms with Crippen LogP contribution < -0.4 is 4.90 Å². The average molecular weight is 363 g/mol. The summed E-state index contributed by atoms with van der Waals surface area (Å²) in [5.41, 5.74) is 1.10. The molecule has 2 aliphatic rings. The van der Waals surface area contributed by atoms with E-state index >= 15 is 0 Å². The van der Waals surface area contributed by atoms with Crippen LogP contribution in [-0.4, -0.2) is 62.8 Å². The summed E-state index contributed by atoms with van der Waals surface area (Å²) in [5, 5.41) is 9.57. The Bertz CT molecular complexity index is 840. The highest BCUT2D eigenvalue weighted by molar-refractivity contribution is 7.17. The summed E-state index contributed by atoms with van der Waals surface area (Å²) in [7, 11) is 0. The standard InChI is InChI=1S/C15H14FN5O3S/c16-8-1-3-20(7-8)11-6-17-10(5-18-11)13-19-9-2-4-21(15(23)24)14(22)12(9)25-13/h5-6,8H,1-4,7H2,(H,23,24)/t8-/m0/s1. The Hall–Kier alpha value is -2.62. The number of alkyl halides is 1. The number of anilines is 1. The van der Waals surface area contributed by atoms with Crippen LogP contribution in [0.5, 0.6) is 0 Å². The molecule has 0 saturated carbocycles. The molecule has 2 amide bonds. The Morgan fingerprint density at radius 3 is 2.80 bits per heavy atom. The molecule has 130 valence electrons. The Morgan fingerprint density at radius 1 is 1.32 bits per heavy atom. The van der Waals surface area contributed by atoms with E-state index < -0.39 is 18.2 Å². The Balaban J connectivity index is 1.58. The molecule has 25 heavy (non-hydrogen) atoms. The first kappa shape index (κ1) is 15.9. The molecule has 10 heteroatoms. The zero-order valence-electron chi connectivity index (χ0n) is 13.1. The van der Waals surface area contributed by atoms with E-state index in [0.717, 1.165) is 16.2 Å². The Morgan fingerprint density at radius 2 is 2.16 bits per heavy atom. The van der Waals surface area contributed by atoms with Crippen LogP contribution in [0.25, 0.3) is 10.7 Å². The van der Waals surface area contributed by atoms with Crippen LogP contribution in [0.15, 0.2) is 12.4 Å². The number of nitrogens with zero attached hydrogens (tertiary/aromatic N) is 5. The molecule has 0 unspecified atom stereocenters. The van der Waals surface area contributed by atoms with Crippen LogP contribution in [0.2, 0.25) is 0 Å². The third-order valence-corrected chi connectivity index (χ3v) is 5.36. The number of carboxylic acid groups (broad SMARTS) is 1. The van der Waals surface area contributed by atoms with E-state index in [9.17, 15) is 14.0 Å². The van der Waals surface area contributed by atoms with Gasteiger partial charge in [-0.2, -0.15) is 0 Å². The van der Waals surface area contributed by atoms with Crippen molar-refractivity contribution in [2.45, 2.75) is 19.0 Å². The second kappa shape index (κ2) is 6.03. The van der Waals surface area contributed by atoms with Gasteiger partial charge in [0.05, 0.1) is 24.6 Å². The number of hydrogen-bond donors (Lipinski definition) is 1. The predicted octanol–water partition coefficient (Wildman–Crippen LogP) is 1.82. The van der Waals surface area contributed by atoms with Crippen molar-refractivity contribution in [1.82, 2.24) is 19.9 Å². The highest BCUT2D eigenvalue weighted by Gasteiger charge is 2.32. The molecule has 2 aromatic rings. The van der Waals surface area contributed by atoms with E-state index in [1.807, 2.05) is 4.90 Å². The summed E-state index contributed by atoms with van der Waals surface area (Å²) in [5.74, 6) is 0.0616. The van der Waals surface area contributed by atoms with Crippen LogP contribution in [-0.2, 0) is 6.42 Å². The molecule has 4 heterocycles. The molecule has 2 aromatic heterocycles. The quantitative estimate of drug-likeness (QED) is 0.869. The summed E-state index contributed by atoms with van der Waals surface area (Å²) in [6.07, 6.45) is 1.90. The van der Waals surface area contributed by atoms with Gasteiger partial charge in [-0.05, 0) is 6.42 Å². The van der Waals surface area contributed by atoms with Crippen molar-refractivity contribution in [2.75, 3.05) is 24.5 Å². The van der Waals surface area contributed by atoms with E-state index in [0.29, 0.717) is 53.0 Å². The molecule has 8 nitrogen and oxygen atoms in total. The smallest absolute Gasteiger partial charge is 0.414 e. The van der Waals surface area contributed by atoms with Gasteiger partial charge < -0.3 is 10.0 Å². The highest BCUT2D eigenvalue weighted by atomic mass is 32.1. The van der Waals surface area contributed by atoms with E-state index in [1.54, 1.807) is 12.4 Å². The van der Waals surface area contributed by atoms with Gasteiger partial charge in [0.25, 0.3) is 5.91 Å². The van der Waals surface area contributed by atoms with Gasteiger partial charge >= 0.3 is 6.09 Å². The number of rotatable bonds is 2.